The van der Waals surface area contributed by atoms with Crippen LogP contribution in [0.5, 0.6) is 5.75 Å². The fraction of sp³-hybridized carbons (Fsp3) is 0.0625. The normalized spacial score (nSPS) is 10.7. The highest BCUT2D eigenvalue weighted by molar-refractivity contribution is 6.08. The van der Waals surface area contributed by atoms with E-state index in [2.05, 4.69) is 0 Å². The number of halogens is 1. The third kappa shape index (κ3) is 3.23. The molecule has 0 unspecified atom stereocenters. The van der Waals surface area contributed by atoms with Gasteiger partial charge in [-0.15, -0.1) is 0 Å². The molecule has 0 heterocycles. The maximum Gasteiger partial charge on any atom is 0.189 e. The van der Waals surface area contributed by atoms with Crippen LogP contribution in [0.15, 0.2) is 48.5 Å². The first-order valence-electron chi connectivity index (χ1n) is 6.01. The standard InChI is InChI=1S/C16H14FNO2/c1-20-16-9-5-12(17)10-14(16)15(19)8-4-11-2-6-13(18)7-3-11/h2-10H,18H2,1H3/b8-4+. The van der Waals surface area contributed by atoms with Crippen LogP contribution in [-0.4, -0.2) is 12.9 Å². The second-order valence-corrected chi connectivity index (χ2v) is 4.21. The number of carbonyl (C=O) groups is 1. The molecule has 0 bridgehead atoms. The highest BCUT2D eigenvalue weighted by atomic mass is 19.1. The zero-order valence-electron chi connectivity index (χ0n) is 11.0. The maximum absolute atomic E-state index is 13.2. The van der Waals surface area contributed by atoms with Gasteiger partial charge in [0, 0.05) is 5.69 Å². The Hall–Kier alpha value is -2.62. The molecule has 2 N–H and O–H groups in total. The molecule has 0 spiro atoms. The van der Waals surface area contributed by atoms with E-state index in [4.69, 9.17) is 10.5 Å². The number of nitrogen functional groups attached to an aromatic ring is 1. The van der Waals surface area contributed by atoms with Crippen LogP contribution in [0.2, 0.25) is 0 Å². The van der Waals surface area contributed by atoms with Gasteiger partial charge in [-0.05, 0) is 42.0 Å². The molecule has 0 fully saturated rings. The van der Waals surface area contributed by atoms with Crippen molar-refractivity contribution in [1.29, 1.82) is 0 Å². The quantitative estimate of drug-likeness (QED) is 0.527. The van der Waals surface area contributed by atoms with Crippen molar-refractivity contribution in [2.75, 3.05) is 12.8 Å². The molecule has 0 radical (unpaired) electrons. The van der Waals surface area contributed by atoms with Crippen LogP contribution in [-0.2, 0) is 0 Å². The molecule has 0 saturated carbocycles. The minimum absolute atomic E-state index is 0.194. The minimum Gasteiger partial charge on any atom is -0.496 e. The number of methoxy groups -OCH3 is 1. The highest BCUT2D eigenvalue weighted by Gasteiger charge is 2.10. The Morgan fingerprint density at radius 3 is 2.55 bits per heavy atom. The van der Waals surface area contributed by atoms with Crippen molar-refractivity contribution >= 4 is 17.5 Å². The average Bonchev–Trinajstić information content (AvgIpc) is 2.46. The number of rotatable bonds is 4. The predicted octanol–water partition coefficient (Wildman–Crippen LogP) is 3.31. The van der Waals surface area contributed by atoms with E-state index >= 15 is 0 Å². The van der Waals surface area contributed by atoms with E-state index in [1.165, 1.54) is 25.3 Å². The summed E-state index contributed by atoms with van der Waals surface area (Å²) in [6.45, 7) is 0. The average molecular weight is 271 g/mol. The number of benzene rings is 2. The third-order valence-corrected chi connectivity index (χ3v) is 2.79. The molecule has 4 heteroatoms. The van der Waals surface area contributed by atoms with E-state index in [0.717, 1.165) is 11.6 Å². The predicted molar refractivity (Wildman–Crippen MR) is 77.2 cm³/mol. The molecule has 20 heavy (non-hydrogen) atoms. The summed E-state index contributed by atoms with van der Waals surface area (Å²) < 4.78 is 18.3. The molecule has 0 amide bonds. The number of hydrogen-bond acceptors (Lipinski definition) is 3. The summed E-state index contributed by atoms with van der Waals surface area (Å²) in [4.78, 5) is 12.1. The first-order valence-corrected chi connectivity index (χ1v) is 6.01. The highest BCUT2D eigenvalue weighted by Crippen LogP contribution is 2.20. The van der Waals surface area contributed by atoms with E-state index in [-0.39, 0.29) is 11.3 Å². The van der Waals surface area contributed by atoms with Gasteiger partial charge in [0.2, 0.25) is 0 Å². The zero-order chi connectivity index (χ0) is 14.5. The van der Waals surface area contributed by atoms with Crippen molar-refractivity contribution < 1.29 is 13.9 Å². The second-order valence-electron chi connectivity index (χ2n) is 4.21. The molecule has 2 rings (SSSR count). The van der Waals surface area contributed by atoms with Crippen molar-refractivity contribution in [1.82, 2.24) is 0 Å². The lowest BCUT2D eigenvalue weighted by molar-refractivity contribution is 0.104. The Morgan fingerprint density at radius 1 is 1.20 bits per heavy atom. The van der Waals surface area contributed by atoms with Gasteiger partial charge >= 0.3 is 0 Å². The fourth-order valence-electron chi connectivity index (χ4n) is 1.74. The topological polar surface area (TPSA) is 52.3 Å². The molecule has 0 aliphatic rings. The number of ketones is 1. The van der Waals surface area contributed by atoms with Gasteiger partial charge in [-0.25, -0.2) is 4.39 Å². The molecule has 102 valence electrons. The number of hydrogen-bond donors (Lipinski definition) is 1. The van der Waals surface area contributed by atoms with Crippen molar-refractivity contribution in [2.24, 2.45) is 0 Å². The lowest BCUT2D eigenvalue weighted by Crippen LogP contribution is -1.99. The van der Waals surface area contributed by atoms with Gasteiger partial charge in [0.25, 0.3) is 0 Å². The molecule has 0 saturated heterocycles. The number of ether oxygens (including phenoxy) is 1. The van der Waals surface area contributed by atoms with Crippen LogP contribution in [0.4, 0.5) is 10.1 Å². The van der Waals surface area contributed by atoms with Crippen LogP contribution in [0.1, 0.15) is 15.9 Å². The maximum atomic E-state index is 13.2. The molecule has 0 atom stereocenters. The Labute approximate surface area is 116 Å². The summed E-state index contributed by atoms with van der Waals surface area (Å²) in [6.07, 6.45) is 3.02. The fourth-order valence-corrected chi connectivity index (χ4v) is 1.74. The Morgan fingerprint density at radius 2 is 1.90 bits per heavy atom. The minimum atomic E-state index is -0.477. The molecule has 0 aliphatic carbocycles. The number of allylic oxidation sites excluding steroid dienone is 1. The number of carbonyl (C=O) groups excluding carboxylic acids is 1. The van der Waals surface area contributed by atoms with Gasteiger partial charge in [0.05, 0.1) is 12.7 Å². The lowest BCUT2D eigenvalue weighted by Gasteiger charge is -2.05. The van der Waals surface area contributed by atoms with Gasteiger partial charge in [0.15, 0.2) is 5.78 Å². The van der Waals surface area contributed by atoms with Gasteiger partial charge in [0.1, 0.15) is 11.6 Å². The van der Waals surface area contributed by atoms with E-state index in [1.54, 1.807) is 30.3 Å². The van der Waals surface area contributed by atoms with E-state index in [0.29, 0.717) is 11.4 Å². The molecule has 0 aromatic heterocycles. The van der Waals surface area contributed by atoms with E-state index < -0.39 is 5.82 Å². The number of nitrogens with two attached hydrogens (primary N) is 1. The van der Waals surface area contributed by atoms with E-state index in [1.807, 2.05) is 0 Å². The Bertz CT molecular complexity index is 648. The van der Waals surface area contributed by atoms with Crippen LogP contribution < -0.4 is 10.5 Å². The summed E-state index contributed by atoms with van der Waals surface area (Å²) in [5.74, 6) is -0.452. The summed E-state index contributed by atoms with van der Waals surface area (Å²) in [5.41, 5.74) is 7.26. The first kappa shape index (κ1) is 13.8. The smallest absolute Gasteiger partial charge is 0.189 e. The molecular weight excluding hydrogens is 257 g/mol. The van der Waals surface area contributed by atoms with Gasteiger partial charge in [-0.2, -0.15) is 0 Å². The largest absolute Gasteiger partial charge is 0.496 e. The van der Waals surface area contributed by atoms with E-state index in [9.17, 15) is 9.18 Å². The molecule has 2 aromatic carbocycles. The summed E-state index contributed by atoms with van der Waals surface area (Å²) in [7, 11) is 1.44. The zero-order valence-corrected chi connectivity index (χ0v) is 11.0. The summed E-state index contributed by atoms with van der Waals surface area (Å²) in [5, 5.41) is 0. The van der Waals surface area contributed by atoms with Gasteiger partial charge < -0.3 is 10.5 Å². The SMILES string of the molecule is COc1ccc(F)cc1C(=O)/C=C/c1ccc(N)cc1. The monoisotopic (exact) mass is 271 g/mol. The van der Waals surface area contributed by atoms with Crippen LogP contribution >= 0.6 is 0 Å². The molecular formula is C16H14FNO2. The summed E-state index contributed by atoms with van der Waals surface area (Å²) >= 11 is 0. The Balaban J connectivity index is 2.23. The van der Waals surface area contributed by atoms with Crippen LogP contribution in [0.25, 0.3) is 6.08 Å². The third-order valence-electron chi connectivity index (χ3n) is 2.79. The van der Waals surface area contributed by atoms with Crippen molar-refractivity contribution in [3.05, 3.63) is 65.5 Å². The van der Waals surface area contributed by atoms with Crippen molar-refractivity contribution in [3.63, 3.8) is 0 Å². The number of anilines is 1. The molecule has 3 nitrogen and oxygen atoms in total. The molecule has 2 aromatic rings. The Kier molecular flexibility index (Phi) is 4.15. The van der Waals surface area contributed by atoms with Crippen LogP contribution in [0, 0.1) is 5.82 Å². The van der Waals surface area contributed by atoms with Crippen molar-refractivity contribution in [2.45, 2.75) is 0 Å². The second kappa shape index (κ2) is 6.02. The van der Waals surface area contributed by atoms with Gasteiger partial charge in [-0.3, -0.25) is 4.79 Å². The lowest BCUT2D eigenvalue weighted by atomic mass is 10.1. The van der Waals surface area contributed by atoms with Gasteiger partial charge in [-0.1, -0.05) is 18.2 Å². The van der Waals surface area contributed by atoms with Crippen molar-refractivity contribution in [3.8, 4) is 5.75 Å². The first-order chi connectivity index (χ1) is 9.60. The van der Waals surface area contributed by atoms with Crippen LogP contribution in [0.3, 0.4) is 0 Å². The summed E-state index contributed by atoms with van der Waals surface area (Å²) in [6, 6.07) is 10.9. The molecule has 0 aliphatic heterocycles.